The lowest BCUT2D eigenvalue weighted by Crippen LogP contribution is -2.24. The van der Waals surface area contributed by atoms with Crippen molar-refractivity contribution >= 4 is 23.3 Å². The van der Waals surface area contributed by atoms with E-state index in [1.807, 2.05) is 0 Å². The predicted octanol–water partition coefficient (Wildman–Crippen LogP) is 1.41. The smallest absolute Gasteiger partial charge is 0.410 e. The summed E-state index contributed by atoms with van der Waals surface area (Å²) in [6, 6.07) is 4.37. The van der Waals surface area contributed by atoms with Gasteiger partial charge in [-0.05, 0) is 18.2 Å². The van der Waals surface area contributed by atoms with Crippen LogP contribution in [0.25, 0.3) is 0 Å². The lowest BCUT2D eigenvalue weighted by Gasteiger charge is -2.13. The molecular formula is C11H11FN2O2S. The molecule has 0 spiro atoms. The Morgan fingerprint density at radius 1 is 1.59 bits per heavy atom. The minimum absolute atomic E-state index is 0.168. The van der Waals surface area contributed by atoms with E-state index in [-0.39, 0.29) is 17.4 Å². The van der Waals surface area contributed by atoms with E-state index in [2.05, 4.69) is 0 Å². The molecule has 2 N–H and O–H groups in total. The Kier molecular flexibility index (Phi) is 3.23. The molecule has 17 heavy (non-hydrogen) atoms. The average Bonchev–Trinajstić information content (AvgIpc) is 2.67. The van der Waals surface area contributed by atoms with E-state index in [0.717, 1.165) is 0 Å². The van der Waals surface area contributed by atoms with E-state index < -0.39 is 6.09 Å². The van der Waals surface area contributed by atoms with Crippen molar-refractivity contribution in [2.24, 2.45) is 5.73 Å². The zero-order chi connectivity index (χ0) is 12.4. The zero-order valence-corrected chi connectivity index (χ0v) is 9.80. The van der Waals surface area contributed by atoms with Crippen LogP contribution in [-0.2, 0) is 11.3 Å². The molecule has 90 valence electrons. The van der Waals surface area contributed by atoms with Gasteiger partial charge in [0, 0.05) is 11.1 Å². The Morgan fingerprint density at radius 2 is 2.35 bits per heavy atom. The second kappa shape index (κ2) is 4.67. The number of carbonyl (C=O) groups excluding carboxylic acids is 1. The molecule has 0 saturated carbocycles. The Hall–Kier alpha value is -1.69. The lowest BCUT2D eigenvalue weighted by atomic mass is 10.1. The zero-order valence-electron chi connectivity index (χ0n) is 8.98. The van der Waals surface area contributed by atoms with E-state index in [1.54, 1.807) is 6.07 Å². The first kappa shape index (κ1) is 11.8. The van der Waals surface area contributed by atoms with Crippen LogP contribution in [0.1, 0.15) is 11.1 Å². The molecule has 1 aromatic carbocycles. The molecule has 0 aromatic heterocycles. The number of hydrogen-bond acceptors (Lipinski definition) is 3. The summed E-state index contributed by atoms with van der Waals surface area (Å²) in [5, 5.41) is 0. The molecule has 0 bridgehead atoms. The van der Waals surface area contributed by atoms with Crippen LogP contribution in [-0.4, -0.2) is 29.1 Å². The number of ether oxygens (including phenoxy) is 1. The SMILES string of the molecule is NC(=S)c1ccc(F)c(CN2CCOC2=O)c1. The summed E-state index contributed by atoms with van der Waals surface area (Å²) in [5.41, 5.74) is 6.44. The van der Waals surface area contributed by atoms with Crippen LogP contribution in [0, 0.1) is 5.82 Å². The number of rotatable bonds is 3. The fourth-order valence-electron chi connectivity index (χ4n) is 1.62. The average molecular weight is 254 g/mol. The number of amides is 1. The van der Waals surface area contributed by atoms with E-state index >= 15 is 0 Å². The van der Waals surface area contributed by atoms with Crippen molar-refractivity contribution in [3.63, 3.8) is 0 Å². The third-order valence-electron chi connectivity index (χ3n) is 2.54. The van der Waals surface area contributed by atoms with Gasteiger partial charge in [0.1, 0.15) is 17.4 Å². The Labute approximate surface area is 103 Å². The van der Waals surface area contributed by atoms with Crippen molar-refractivity contribution in [2.45, 2.75) is 6.54 Å². The summed E-state index contributed by atoms with van der Waals surface area (Å²) in [5.74, 6) is -0.385. The Morgan fingerprint density at radius 3 is 2.94 bits per heavy atom. The number of halogens is 1. The Balaban J connectivity index is 2.22. The normalized spacial score (nSPS) is 14.9. The number of cyclic esters (lactones) is 1. The third kappa shape index (κ3) is 2.52. The minimum Gasteiger partial charge on any atom is -0.448 e. The number of nitrogens with zero attached hydrogens (tertiary/aromatic N) is 1. The Bertz CT molecular complexity index is 479. The molecule has 2 rings (SSSR count). The van der Waals surface area contributed by atoms with E-state index in [4.69, 9.17) is 22.7 Å². The molecule has 0 aliphatic carbocycles. The van der Waals surface area contributed by atoms with Crippen LogP contribution < -0.4 is 5.73 Å². The van der Waals surface area contributed by atoms with Crippen molar-refractivity contribution in [3.8, 4) is 0 Å². The summed E-state index contributed by atoms with van der Waals surface area (Å²) in [6.07, 6.45) is -0.426. The molecule has 6 heteroatoms. The second-order valence-corrected chi connectivity index (χ2v) is 4.15. The van der Waals surface area contributed by atoms with Crippen molar-refractivity contribution in [1.82, 2.24) is 4.90 Å². The van der Waals surface area contributed by atoms with Gasteiger partial charge in [-0.1, -0.05) is 12.2 Å². The monoisotopic (exact) mass is 254 g/mol. The van der Waals surface area contributed by atoms with E-state index in [1.165, 1.54) is 17.0 Å². The van der Waals surface area contributed by atoms with Gasteiger partial charge in [-0.3, -0.25) is 0 Å². The molecule has 1 aromatic rings. The van der Waals surface area contributed by atoms with E-state index in [0.29, 0.717) is 24.3 Å². The third-order valence-corrected chi connectivity index (χ3v) is 2.77. The highest BCUT2D eigenvalue weighted by Crippen LogP contribution is 2.15. The van der Waals surface area contributed by atoms with Gasteiger partial charge in [-0.15, -0.1) is 0 Å². The summed E-state index contributed by atoms with van der Waals surface area (Å²) < 4.78 is 18.3. The molecule has 4 nitrogen and oxygen atoms in total. The first-order valence-electron chi connectivity index (χ1n) is 5.08. The summed E-state index contributed by atoms with van der Waals surface area (Å²) in [6.45, 7) is 0.978. The molecule has 1 heterocycles. The molecule has 0 atom stereocenters. The molecule has 1 fully saturated rings. The molecule has 0 radical (unpaired) electrons. The topological polar surface area (TPSA) is 55.6 Å². The van der Waals surface area contributed by atoms with Gasteiger partial charge in [0.15, 0.2) is 0 Å². The molecule has 1 aliphatic heterocycles. The number of hydrogen-bond donors (Lipinski definition) is 1. The number of benzene rings is 1. The molecule has 1 amide bonds. The van der Waals surface area contributed by atoms with Gasteiger partial charge in [-0.2, -0.15) is 0 Å². The van der Waals surface area contributed by atoms with Crippen LogP contribution in [0.3, 0.4) is 0 Å². The lowest BCUT2D eigenvalue weighted by molar-refractivity contribution is 0.157. The van der Waals surface area contributed by atoms with Crippen LogP contribution in [0.5, 0.6) is 0 Å². The number of carbonyl (C=O) groups is 1. The van der Waals surface area contributed by atoms with Gasteiger partial charge in [0.2, 0.25) is 0 Å². The summed E-state index contributed by atoms with van der Waals surface area (Å²) in [4.78, 5) is 12.9. The fourth-order valence-corrected chi connectivity index (χ4v) is 1.75. The van der Waals surface area contributed by atoms with Crippen LogP contribution in [0.2, 0.25) is 0 Å². The van der Waals surface area contributed by atoms with Crippen LogP contribution in [0.4, 0.5) is 9.18 Å². The van der Waals surface area contributed by atoms with Crippen molar-refractivity contribution in [2.75, 3.05) is 13.2 Å². The van der Waals surface area contributed by atoms with Crippen molar-refractivity contribution < 1.29 is 13.9 Å². The maximum absolute atomic E-state index is 13.6. The number of thiocarbonyl (C=S) groups is 1. The molecule has 0 unspecified atom stereocenters. The molecule has 1 aliphatic rings. The largest absolute Gasteiger partial charge is 0.448 e. The van der Waals surface area contributed by atoms with E-state index in [9.17, 15) is 9.18 Å². The van der Waals surface area contributed by atoms with Crippen molar-refractivity contribution in [1.29, 1.82) is 0 Å². The van der Waals surface area contributed by atoms with Gasteiger partial charge in [0.25, 0.3) is 0 Å². The highest BCUT2D eigenvalue weighted by molar-refractivity contribution is 7.80. The predicted molar refractivity (Wildman–Crippen MR) is 64.0 cm³/mol. The van der Waals surface area contributed by atoms with Crippen LogP contribution in [0.15, 0.2) is 18.2 Å². The fraction of sp³-hybridized carbons (Fsp3) is 0.273. The second-order valence-electron chi connectivity index (χ2n) is 3.71. The highest BCUT2D eigenvalue weighted by atomic mass is 32.1. The number of nitrogens with two attached hydrogens (primary N) is 1. The molecular weight excluding hydrogens is 243 g/mol. The van der Waals surface area contributed by atoms with Gasteiger partial charge >= 0.3 is 6.09 Å². The van der Waals surface area contributed by atoms with Crippen molar-refractivity contribution in [3.05, 3.63) is 35.1 Å². The van der Waals surface area contributed by atoms with Gasteiger partial charge < -0.3 is 15.4 Å². The maximum atomic E-state index is 13.6. The first-order chi connectivity index (χ1) is 8.08. The standard InChI is InChI=1S/C11H11FN2O2S/c12-9-2-1-7(10(13)17)5-8(9)6-14-3-4-16-11(14)15/h1-2,5H,3-4,6H2,(H2,13,17). The van der Waals surface area contributed by atoms with Gasteiger partial charge in [0.05, 0.1) is 13.1 Å². The first-order valence-corrected chi connectivity index (χ1v) is 5.48. The quantitative estimate of drug-likeness (QED) is 0.829. The minimum atomic E-state index is -0.426. The van der Waals surface area contributed by atoms with Gasteiger partial charge in [-0.25, -0.2) is 9.18 Å². The van der Waals surface area contributed by atoms with Crippen LogP contribution >= 0.6 is 12.2 Å². The summed E-state index contributed by atoms with van der Waals surface area (Å²) in [7, 11) is 0. The highest BCUT2D eigenvalue weighted by Gasteiger charge is 2.23. The molecule has 1 saturated heterocycles. The summed E-state index contributed by atoms with van der Waals surface area (Å²) >= 11 is 4.82. The maximum Gasteiger partial charge on any atom is 0.410 e.